The first kappa shape index (κ1) is 28.5. The third-order valence-corrected chi connectivity index (χ3v) is 8.44. The fourth-order valence-electron chi connectivity index (χ4n) is 3.21. The zero-order chi connectivity index (χ0) is 24.7. The molecule has 0 unspecified atom stereocenters. The molecule has 0 atom stereocenters. The van der Waals surface area contributed by atoms with E-state index in [1.165, 1.54) is 0 Å². The van der Waals surface area contributed by atoms with Gasteiger partial charge in [0.05, 0.1) is 9.79 Å². The van der Waals surface area contributed by atoms with E-state index in [9.17, 15) is 34.8 Å². The van der Waals surface area contributed by atoms with E-state index in [1.807, 2.05) is 0 Å². The zero-order valence-electron chi connectivity index (χ0n) is 18.8. The van der Waals surface area contributed by atoms with Crippen LogP contribution in [0.2, 0.25) is 0 Å². The van der Waals surface area contributed by atoms with E-state index < -0.39 is 47.4 Å². The fraction of sp³-hybridized carbons (Fsp3) is 0.650. The highest BCUT2D eigenvalue weighted by Gasteiger charge is 2.43. The number of nitrogens with zero attached hydrogens (tertiary/aromatic N) is 2. The SMILES string of the molecule is CCCN(CCC)S(=O)(=O)c1ccc(C(=O)C(F)(F)F)c(S(=O)(=O)N(CCC)CCC)c1. The van der Waals surface area contributed by atoms with Crippen LogP contribution in [0, 0.1) is 0 Å². The van der Waals surface area contributed by atoms with E-state index in [0.29, 0.717) is 37.8 Å². The van der Waals surface area contributed by atoms with Crippen LogP contribution in [-0.2, 0) is 20.0 Å². The first-order chi connectivity index (χ1) is 14.8. The molecule has 0 heterocycles. The topological polar surface area (TPSA) is 91.8 Å². The highest BCUT2D eigenvalue weighted by molar-refractivity contribution is 7.90. The van der Waals surface area contributed by atoms with E-state index in [0.717, 1.165) is 14.7 Å². The maximum Gasteiger partial charge on any atom is 0.454 e. The molecule has 0 bridgehead atoms. The Morgan fingerprint density at radius 1 is 0.781 bits per heavy atom. The molecule has 12 heteroatoms. The smallest absolute Gasteiger partial charge is 0.284 e. The highest BCUT2D eigenvalue weighted by Crippen LogP contribution is 2.31. The molecule has 184 valence electrons. The van der Waals surface area contributed by atoms with Crippen molar-refractivity contribution in [2.24, 2.45) is 0 Å². The summed E-state index contributed by atoms with van der Waals surface area (Å²) in [4.78, 5) is 10.6. The van der Waals surface area contributed by atoms with Crippen molar-refractivity contribution >= 4 is 25.8 Å². The summed E-state index contributed by atoms with van der Waals surface area (Å²) in [7, 11) is -8.74. The van der Waals surface area contributed by atoms with Crippen molar-refractivity contribution in [2.45, 2.75) is 69.3 Å². The van der Waals surface area contributed by atoms with Crippen LogP contribution in [0.3, 0.4) is 0 Å². The van der Waals surface area contributed by atoms with E-state index in [1.54, 1.807) is 27.7 Å². The number of hydrogen-bond donors (Lipinski definition) is 0. The van der Waals surface area contributed by atoms with Crippen molar-refractivity contribution < 1.29 is 34.8 Å². The first-order valence-electron chi connectivity index (χ1n) is 10.5. The molecule has 32 heavy (non-hydrogen) atoms. The average Bonchev–Trinajstić information content (AvgIpc) is 2.71. The second kappa shape index (κ2) is 11.6. The van der Waals surface area contributed by atoms with Gasteiger partial charge in [-0.3, -0.25) is 4.79 Å². The molecule has 1 rings (SSSR count). The molecule has 0 saturated heterocycles. The van der Waals surface area contributed by atoms with Crippen LogP contribution in [0.1, 0.15) is 63.7 Å². The summed E-state index contributed by atoms with van der Waals surface area (Å²) < 4.78 is 94.4. The molecule has 0 spiro atoms. The van der Waals surface area contributed by atoms with Crippen molar-refractivity contribution in [1.29, 1.82) is 0 Å². The van der Waals surface area contributed by atoms with Gasteiger partial charge in [0.15, 0.2) is 0 Å². The van der Waals surface area contributed by atoms with Gasteiger partial charge in [0.25, 0.3) is 5.78 Å². The van der Waals surface area contributed by atoms with Gasteiger partial charge in [0.2, 0.25) is 20.0 Å². The Labute approximate surface area is 188 Å². The lowest BCUT2D eigenvalue weighted by molar-refractivity contribution is -0.0887. The molecule has 0 aromatic heterocycles. The molecule has 0 saturated carbocycles. The third kappa shape index (κ3) is 6.52. The minimum Gasteiger partial charge on any atom is -0.284 e. The molecule has 0 fully saturated rings. The monoisotopic (exact) mass is 500 g/mol. The van der Waals surface area contributed by atoms with Gasteiger partial charge < -0.3 is 0 Å². The van der Waals surface area contributed by atoms with Gasteiger partial charge in [-0.05, 0) is 43.9 Å². The summed E-state index contributed by atoms with van der Waals surface area (Å²) in [5.41, 5.74) is -1.09. The molecule has 1 aromatic carbocycles. The second-order valence-corrected chi connectivity index (χ2v) is 11.1. The molecule has 0 aliphatic heterocycles. The lowest BCUT2D eigenvalue weighted by Gasteiger charge is -2.24. The molecule has 0 radical (unpaired) electrons. The number of carbonyl (C=O) groups excluding carboxylic acids is 1. The van der Waals surface area contributed by atoms with Crippen molar-refractivity contribution in [3.05, 3.63) is 23.8 Å². The van der Waals surface area contributed by atoms with Crippen molar-refractivity contribution in [2.75, 3.05) is 26.2 Å². The summed E-state index contributed by atoms with van der Waals surface area (Å²) in [6.07, 6.45) is -3.55. The van der Waals surface area contributed by atoms with Gasteiger partial charge >= 0.3 is 6.18 Å². The number of hydrogen-bond acceptors (Lipinski definition) is 5. The average molecular weight is 501 g/mol. The highest BCUT2D eigenvalue weighted by atomic mass is 32.2. The lowest BCUT2D eigenvalue weighted by atomic mass is 10.1. The van der Waals surface area contributed by atoms with Crippen molar-refractivity contribution in [3.63, 3.8) is 0 Å². The Morgan fingerprint density at radius 2 is 1.19 bits per heavy atom. The first-order valence-corrected chi connectivity index (χ1v) is 13.4. The number of benzene rings is 1. The predicted molar refractivity (Wildman–Crippen MR) is 116 cm³/mol. The summed E-state index contributed by atoms with van der Waals surface area (Å²) >= 11 is 0. The molecule has 0 aliphatic carbocycles. The summed E-state index contributed by atoms with van der Waals surface area (Å²) in [5, 5.41) is 0. The molecular formula is C20H31F3N2O5S2. The maximum absolute atomic E-state index is 13.3. The summed E-state index contributed by atoms with van der Waals surface area (Å²) in [5.74, 6) is -2.34. The molecule has 1 aromatic rings. The second-order valence-electron chi connectivity index (χ2n) is 7.29. The zero-order valence-corrected chi connectivity index (χ0v) is 20.4. The number of rotatable bonds is 13. The number of alkyl halides is 3. The molecule has 0 N–H and O–H groups in total. The molecule has 0 amide bonds. The Bertz CT molecular complexity index is 981. The molecule has 0 aliphatic rings. The fourth-order valence-corrected chi connectivity index (χ4v) is 6.77. The maximum atomic E-state index is 13.3. The van der Waals surface area contributed by atoms with Gasteiger partial charge in [-0.1, -0.05) is 27.7 Å². The number of carbonyl (C=O) groups is 1. The van der Waals surface area contributed by atoms with Crippen LogP contribution in [0.5, 0.6) is 0 Å². The Morgan fingerprint density at radius 3 is 1.56 bits per heavy atom. The van der Waals surface area contributed by atoms with Crippen LogP contribution in [-0.4, -0.2) is 63.6 Å². The molecule has 7 nitrogen and oxygen atoms in total. The van der Waals surface area contributed by atoms with Crippen LogP contribution in [0.25, 0.3) is 0 Å². The number of sulfonamides is 2. The van der Waals surface area contributed by atoms with Crippen LogP contribution < -0.4 is 0 Å². The van der Waals surface area contributed by atoms with Crippen LogP contribution in [0.4, 0.5) is 13.2 Å². The van der Waals surface area contributed by atoms with Crippen LogP contribution >= 0.6 is 0 Å². The normalized spacial score (nSPS) is 13.2. The Hall–Kier alpha value is -1.50. The molecular weight excluding hydrogens is 469 g/mol. The third-order valence-electron chi connectivity index (χ3n) is 4.60. The minimum absolute atomic E-state index is 0.0184. The van der Waals surface area contributed by atoms with E-state index in [-0.39, 0.29) is 26.2 Å². The lowest BCUT2D eigenvalue weighted by Crippen LogP contribution is -2.36. The van der Waals surface area contributed by atoms with E-state index >= 15 is 0 Å². The number of halogens is 3. The van der Waals surface area contributed by atoms with Gasteiger partial charge in [-0.25, -0.2) is 16.8 Å². The predicted octanol–water partition coefficient (Wildman–Crippen LogP) is 4.05. The summed E-state index contributed by atoms with van der Waals surface area (Å²) in [6, 6.07) is 2.18. The van der Waals surface area contributed by atoms with Crippen molar-refractivity contribution in [3.8, 4) is 0 Å². The Kier molecular flexibility index (Phi) is 10.3. The van der Waals surface area contributed by atoms with E-state index in [2.05, 4.69) is 0 Å². The minimum atomic E-state index is -5.32. The Balaban J connectivity index is 3.82. The van der Waals surface area contributed by atoms with Gasteiger partial charge in [-0.15, -0.1) is 0 Å². The van der Waals surface area contributed by atoms with Gasteiger partial charge in [-0.2, -0.15) is 21.8 Å². The van der Waals surface area contributed by atoms with E-state index in [4.69, 9.17) is 0 Å². The van der Waals surface area contributed by atoms with Crippen molar-refractivity contribution in [1.82, 2.24) is 8.61 Å². The van der Waals surface area contributed by atoms with Gasteiger partial charge in [0, 0.05) is 31.7 Å². The quantitative estimate of drug-likeness (QED) is 0.381. The number of ketones is 1. The summed E-state index contributed by atoms with van der Waals surface area (Å²) in [6.45, 7) is 7.31. The van der Waals surface area contributed by atoms with Crippen LogP contribution in [0.15, 0.2) is 28.0 Å². The standard InChI is InChI=1S/C20H31F3N2O5S2/c1-5-11-24(12-6-2)31(27,28)16-9-10-17(19(26)20(21,22)23)18(15-16)32(29,30)25(13-7-3)14-8-4/h9-10,15H,5-8,11-14H2,1-4H3. The largest absolute Gasteiger partial charge is 0.454 e. The number of Topliss-reactive ketones (excluding diaryl/α,β-unsaturated/α-hetero) is 1. The van der Waals surface area contributed by atoms with Gasteiger partial charge in [0.1, 0.15) is 0 Å².